The first-order valence-corrected chi connectivity index (χ1v) is 8.38. The standard InChI is InChI=1S/C13H18BrClN2O2S/c1-12(2,3)20(19)17-13(4,7-8-18)11-9(15)5-6-10(14)16-11/h5-6,8,17H,7H2,1-4H3. The number of aldehydes is 1. The molecule has 1 aromatic heterocycles. The summed E-state index contributed by atoms with van der Waals surface area (Å²) in [5.74, 6) is 0. The van der Waals surface area contributed by atoms with Crippen molar-refractivity contribution in [3.63, 3.8) is 0 Å². The topological polar surface area (TPSA) is 59.1 Å². The molecule has 0 spiro atoms. The fourth-order valence-corrected chi connectivity index (χ4v) is 3.03. The van der Waals surface area contributed by atoms with Gasteiger partial charge in [-0.1, -0.05) is 11.6 Å². The maximum absolute atomic E-state index is 12.3. The van der Waals surface area contributed by atoms with Crippen LogP contribution in [0.2, 0.25) is 5.02 Å². The summed E-state index contributed by atoms with van der Waals surface area (Å²) in [6.07, 6.45) is 0.893. The minimum absolute atomic E-state index is 0.123. The molecule has 0 aliphatic carbocycles. The van der Waals surface area contributed by atoms with Crippen molar-refractivity contribution in [1.29, 1.82) is 0 Å². The number of carbonyl (C=O) groups excluding carboxylic acids is 1. The van der Waals surface area contributed by atoms with Gasteiger partial charge < -0.3 is 4.79 Å². The van der Waals surface area contributed by atoms with Crippen LogP contribution < -0.4 is 4.72 Å². The van der Waals surface area contributed by atoms with Crippen molar-refractivity contribution in [3.05, 3.63) is 27.5 Å². The Labute approximate surface area is 135 Å². The second kappa shape index (κ2) is 6.64. The van der Waals surface area contributed by atoms with Crippen LogP contribution in [0.4, 0.5) is 0 Å². The monoisotopic (exact) mass is 380 g/mol. The number of halogens is 2. The van der Waals surface area contributed by atoms with E-state index in [1.807, 2.05) is 20.8 Å². The van der Waals surface area contributed by atoms with Crippen LogP contribution >= 0.6 is 27.5 Å². The number of hydrogen-bond donors (Lipinski definition) is 1. The zero-order chi connectivity index (χ0) is 15.6. The molecule has 112 valence electrons. The van der Waals surface area contributed by atoms with Crippen LogP contribution in [0.25, 0.3) is 0 Å². The zero-order valence-electron chi connectivity index (χ0n) is 11.9. The normalized spacial score (nSPS) is 16.5. The molecule has 2 atom stereocenters. The van der Waals surface area contributed by atoms with E-state index in [2.05, 4.69) is 25.6 Å². The molecule has 2 unspecified atom stereocenters. The second-order valence-corrected chi connectivity index (χ2v) is 8.84. The highest BCUT2D eigenvalue weighted by atomic mass is 79.9. The number of carbonyl (C=O) groups is 1. The molecule has 7 heteroatoms. The summed E-state index contributed by atoms with van der Waals surface area (Å²) in [5.41, 5.74) is -0.390. The third-order valence-corrected chi connectivity index (χ3v) is 5.20. The molecule has 0 saturated heterocycles. The lowest BCUT2D eigenvalue weighted by Gasteiger charge is -2.32. The van der Waals surface area contributed by atoms with E-state index in [4.69, 9.17) is 11.6 Å². The summed E-state index contributed by atoms with van der Waals surface area (Å²) in [7, 11) is -1.35. The minimum atomic E-state index is -1.35. The average molecular weight is 382 g/mol. The maximum atomic E-state index is 12.3. The van der Waals surface area contributed by atoms with E-state index in [0.717, 1.165) is 6.29 Å². The molecule has 1 heterocycles. The molecule has 0 bridgehead atoms. The van der Waals surface area contributed by atoms with Crippen LogP contribution in [0, 0.1) is 0 Å². The van der Waals surface area contributed by atoms with Gasteiger partial charge in [-0.2, -0.15) is 0 Å². The molecule has 20 heavy (non-hydrogen) atoms. The first kappa shape index (κ1) is 17.8. The number of hydrogen-bond acceptors (Lipinski definition) is 3. The highest BCUT2D eigenvalue weighted by Crippen LogP contribution is 2.31. The Morgan fingerprint density at radius 3 is 2.50 bits per heavy atom. The molecule has 1 aromatic rings. The summed E-state index contributed by atoms with van der Waals surface area (Å²) >= 11 is 9.46. The number of rotatable bonds is 5. The third-order valence-electron chi connectivity index (χ3n) is 2.70. The Hall–Kier alpha value is -0.300. The number of nitrogens with zero attached hydrogens (tertiary/aromatic N) is 1. The SMILES string of the molecule is CC(CC=O)(NS(=O)C(C)(C)C)c1nc(Br)ccc1Cl. The number of aromatic nitrogens is 1. The van der Waals surface area contributed by atoms with Gasteiger partial charge in [-0.3, -0.25) is 0 Å². The minimum Gasteiger partial charge on any atom is -0.303 e. The van der Waals surface area contributed by atoms with Gasteiger partial charge in [-0.25, -0.2) is 13.9 Å². The van der Waals surface area contributed by atoms with Crippen molar-refractivity contribution < 1.29 is 9.00 Å². The van der Waals surface area contributed by atoms with Crippen LogP contribution in [0.1, 0.15) is 39.8 Å². The fourth-order valence-electron chi connectivity index (χ4n) is 1.52. The molecule has 0 fully saturated rings. The van der Waals surface area contributed by atoms with Crippen LogP contribution in [0.3, 0.4) is 0 Å². The average Bonchev–Trinajstić information content (AvgIpc) is 2.31. The Bertz CT molecular complexity index is 534. The lowest BCUT2D eigenvalue weighted by Crippen LogP contribution is -2.47. The largest absolute Gasteiger partial charge is 0.303 e. The molecule has 0 saturated carbocycles. The van der Waals surface area contributed by atoms with Gasteiger partial charge in [-0.15, -0.1) is 0 Å². The van der Waals surface area contributed by atoms with E-state index in [1.165, 1.54) is 0 Å². The summed E-state index contributed by atoms with van der Waals surface area (Å²) in [5, 5.41) is 0.427. The van der Waals surface area contributed by atoms with Gasteiger partial charge in [0.1, 0.15) is 10.9 Å². The highest BCUT2D eigenvalue weighted by Gasteiger charge is 2.35. The molecular weight excluding hydrogens is 364 g/mol. The Kier molecular flexibility index (Phi) is 5.89. The van der Waals surface area contributed by atoms with Crippen LogP contribution in [0.5, 0.6) is 0 Å². The molecule has 0 amide bonds. The Morgan fingerprint density at radius 1 is 1.40 bits per heavy atom. The molecular formula is C13H18BrClN2O2S. The van der Waals surface area contributed by atoms with Crippen molar-refractivity contribution in [1.82, 2.24) is 9.71 Å². The van der Waals surface area contributed by atoms with E-state index in [1.54, 1.807) is 19.1 Å². The van der Waals surface area contributed by atoms with Crippen molar-refractivity contribution >= 4 is 44.8 Å². The van der Waals surface area contributed by atoms with E-state index >= 15 is 0 Å². The van der Waals surface area contributed by atoms with Crippen LogP contribution in [0.15, 0.2) is 16.7 Å². The number of nitrogens with one attached hydrogen (secondary N) is 1. The van der Waals surface area contributed by atoms with Crippen molar-refractivity contribution in [2.75, 3.05) is 0 Å². The van der Waals surface area contributed by atoms with E-state index < -0.39 is 21.3 Å². The molecule has 1 N–H and O–H groups in total. The van der Waals surface area contributed by atoms with E-state index in [9.17, 15) is 9.00 Å². The molecule has 1 rings (SSSR count). The molecule has 0 aliphatic heterocycles. The second-order valence-electron chi connectivity index (χ2n) is 5.65. The predicted molar refractivity (Wildman–Crippen MR) is 86.0 cm³/mol. The van der Waals surface area contributed by atoms with Gasteiger partial charge >= 0.3 is 0 Å². The van der Waals surface area contributed by atoms with Crippen LogP contribution in [-0.2, 0) is 21.3 Å². The summed E-state index contributed by atoms with van der Waals surface area (Å²) < 4.78 is 15.5. The molecule has 0 aromatic carbocycles. The zero-order valence-corrected chi connectivity index (χ0v) is 15.0. The van der Waals surface area contributed by atoms with Crippen molar-refractivity contribution in [2.45, 2.75) is 44.4 Å². The quantitative estimate of drug-likeness (QED) is 0.628. The highest BCUT2D eigenvalue weighted by molar-refractivity contribution is 9.10. The lowest BCUT2D eigenvalue weighted by molar-refractivity contribution is -0.108. The Balaban J connectivity index is 3.24. The first-order chi connectivity index (χ1) is 9.10. The van der Waals surface area contributed by atoms with Gasteiger partial charge in [0.05, 0.1) is 32.0 Å². The summed E-state index contributed by atoms with van der Waals surface area (Å²) in [4.78, 5) is 15.3. The lowest BCUT2D eigenvalue weighted by atomic mass is 9.95. The maximum Gasteiger partial charge on any atom is 0.122 e. The van der Waals surface area contributed by atoms with Crippen molar-refractivity contribution in [2.24, 2.45) is 0 Å². The van der Waals surface area contributed by atoms with E-state index in [-0.39, 0.29) is 6.42 Å². The fraction of sp³-hybridized carbons (Fsp3) is 0.538. The van der Waals surface area contributed by atoms with Crippen LogP contribution in [-0.4, -0.2) is 20.2 Å². The summed E-state index contributed by atoms with van der Waals surface area (Å²) in [6, 6.07) is 3.41. The van der Waals surface area contributed by atoms with Gasteiger partial charge in [0, 0.05) is 6.42 Å². The van der Waals surface area contributed by atoms with Gasteiger partial charge in [0.25, 0.3) is 0 Å². The van der Waals surface area contributed by atoms with Gasteiger partial charge in [-0.05, 0) is 55.8 Å². The number of pyridine rings is 1. The Morgan fingerprint density at radius 2 is 2.00 bits per heavy atom. The van der Waals surface area contributed by atoms with Gasteiger partial charge in [0.2, 0.25) is 0 Å². The predicted octanol–water partition coefficient (Wildman–Crippen LogP) is 3.35. The first-order valence-electron chi connectivity index (χ1n) is 6.06. The molecule has 4 nitrogen and oxygen atoms in total. The summed E-state index contributed by atoms with van der Waals surface area (Å²) in [6.45, 7) is 7.33. The third kappa shape index (κ3) is 4.35. The van der Waals surface area contributed by atoms with Crippen molar-refractivity contribution in [3.8, 4) is 0 Å². The molecule has 0 radical (unpaired) electrons. The van der Waals surface area contributed by atoms with E-state index in [0.29, 0.717) is 15.3 Å². The smallest absolute Gasteiger partial charge is 0.122 e. The van der Waals surface area contributed by atoms with Gasteiger partial charge in [0.15, 0.2) is 0 Å². The molecule has 0 aliphatic rings.